The number of hydrogen-bond donors (Lipinski definition) is 1. The van der Waals surface area contributed by atoms with Crippen LogP contribution >= 0.6 is 0 Å². The number of likely N-dealkylation sites (tertiary alicyclic amines) is 1. The van der Waals surface area contributed by atoms with Crippen molar-refractivity contribution < 1.29 is 9.53 Å². The quantitative estimate of drug-likeness (QED) is 0.818. The molecule has 3 rings (SSSR count). The molecule has 1 fully saturated rings. The van der Waals surface area contributed by atoms with E-state index in [-0.39, 0.29) is 12.0 Å². The maximum absolute atomic E-state index is 12.8. The first-order valence-corrected chi connectivity index (χ1v) is 9.74. The normalized spacial score (nSPS) is 17.0. The molecule has 1 aromatic carbocycles. The van der Waals surface area contributed by atoms with Gasteiger partial charge in [0.1, 0.15) is 5.75 Å². The fourth-order valence-electron chi connectivity index (χ4n) is 3.41. The first kappa shape index (κ1) is 19.1. The molecule has 6 heteroatoms. The van der Waals surface area contributed by atoms with Crippen LogP contribution in [0.5, 0.6) is 5.75 Å². The molecule has 144 valence electrons. The molecule has 0 spiro atoms. The number of hydrogen-bond acceptors (Lipinski definition) is 5. The molecule has 27 heavy (non-hydrogen) atoms. The third-order valence-electron chi connectivity index (χ3n) is 4.75. The number of nitrogens with zero attached hydrogens (tertiary/aromatic N) is 3. The van der Waals surface area contributed by atoms with Crippen molar-refractivity contribution in [3.05, 3.63) is 42.2 Å². The van der Waals surface area contributed by atoms with Crippen LogP contribution in [0.3, 0.4) is 0 Å². The van der Waals surface area contributed by atoms with Crippen molar-refractivity contribution in [3.8, 4) is 5.75 Å². The van der Waals surface area contributed by atoms with E-state index in [2.05, 4.69) is 22.2 Å². The fraction of sp³-hybridized carbons (Fsp3) is 0.476. The summed E-state index contributed by atoms with van der Waals surface area (Å²) in [6.45, 7) is 6.92. The van der Waals surface area contributed by atoms with Crippen LogP contribution in [-0.4, -0.2) is 39.5 Å². The minimum Gasteiger partial charge on any atom is -0.489 e. The number of ether oxygens (including phenoxy) is 1. The van der Waals surface area contributed by atoms with Crippen molar-refractivity contribution in [1.29, 1.82) is 0 Å². The predicted octanol–water partition coefficient (Wildman–Crippen LogP) is 4.41. The number of amides is 1. The number of nitrogens with one attached hydrogen (secondary N) is 1. The van der Waals surface area contributed by atoms with E-state index in [9.17, 15) is 4.79 Å². The average Bonchev–Trinajstić information content (AvgIpc) is 2.69. The summed E-state index contributed by atoms with van der Waals surface area (Å²) in [5.41, 5.74) is 1.33. The second kappa shape index (κ2) is 8.84. The van der Waals surface area contributed by atoms with Gasteiger partial charge in [-0.25, -0.2) is 9.97 Å². The van der Waals surface area contributed by atoms with Crippen LogP contribution < -0.4 is 10.1 Å². The monoisotopic (exact) mass is 368 g/mol. The fourth-order valence-corrected chi connectivity index (χ4v) is 3.41. The van der Waals surface area contributed by atoms with E-state index in [1.165, 1.54) is 6.42 Å². The van der Waals surface area contributed by atoms with Crippen molar-refractivity contribution in [2.75, 3.05) is 11.9 Å². The highest BCUT2D eigenvalue weighted by atomic mass is 16.5. The molecule has 1 saturated heterocycles. The van der Waals surface area contributed by atoms with E-state index < -0.39 is 0 Å². The van der Waals surface area contributed by atoms with Crippen molar-refractivity contribution in [2.24, 2.45) is 0 Å². The highest BCUT2D eigenvalue weighted by Gasteiger charge is 2.26. The molecule has 1 aromatic heterocycles. The van der Waals surface area contributed by atoms with Gasteiger partial charge in [-0.05, 0) is 51.7 Å². The van der Waals surface area contributed by atoms with Gasteiger partial charge in [0.05, 0.1) is 17.4 Å². The molecule has 2 aromatic rings. The van der Waals surface area contributed by atoms with E-state index >= 15 is 0 Å². The molecule has 0 bridgehead atoms. The van der Waals surface area contributed by atoms with Crippen molar-refractivity contribution in [2.45, 2.75) is 58.6 Å². The van der Waals surface area contributed by atoms with Gasteiger partial charge in [0.2, 0.25) is 5.95 Å². The second-order valence-corrected chi connectivity index (χ2v) is 7.14. The summed E-state index contributed by atoms with van der Waals surface area (Å²) in [6, 6.07) is 7.99. The highest BCUT2D eigenvalue weighted by Crippen LogP contribution is 2.27. The summed E-state index contributed by atoms with van der Waals surface area (Å²) < 4.78 is 5.80. The Hall–Kier alpha value is -2.63. The zero-order valence-electron chi connectivity index (χ0n) is 16.3. The van der Waals surface area contributed by atoms with E-state index in [0.29, 0.717) is 17.6 Å². The Morgan fingerprint density at radius 2 is 2.00 bits per heavy atom. The minimum absolute atomic E-state index is 0.0247. The zero-order chi connectivity index (χ0) is 19.2. The standard InChI is InChI=1S/C21H28N4O2/c1-4-17-9-7-8-12-25(17)20(26)16-13-22-21(23-14-16)24-18-10-5-6-11-19(18)27-15(2)3/h5-6,10-11,13-15,17H,4,7-9,12H2,1-3H3,(H,22,23,24). The minimum atomic E-state index is 0.0247. The summed E-state index contributed by atoms with van der Waals surface area (Å²) in [5.74, 6) is 1.21. The molecule has 6 nitrogen and oxygen atoms in total. The van der Waals surface area contributed by atoms with Gasteiger partial charge in [-0.3, -0.25) is 4.79 Å². The van der Waals surface area contributed by atoms with Gasteiger partial charge in [-0.1, -0.05) is 19.1 Å². The zero-order valence-corrected chi connectivity index (χ0v) is 16.3. The lowest BCUT2D eigenvalue weighted by atomic mass is 9.99. The van der Waals surface area contributed by atoms with Gasteiger partial charge in [-0.15, -0.1) is 0 Å². The number of rotatable bonds is 6. The van der Waals surface area contributed by atoms with Gasteiger partial charge in [-0.2, -0.15) is 0 Å². The first-order valence-electron chi connectivity index (χ1n) is 9.74. The Kier molecular flexibility index (Phi) is 6.27. The van der Waals surface area contributed by atoms with Crippen LogP contribution in [0.25, 0.3) is 0 Å². The molecule has 1 N–H and O–H groups in total. The van der Waals surface area contributed by atoms with Gasteiger partial charge < -0.3 is 15.0 Å². The van der Waals surface area contributed by atoms with Crippen LogP contribution in [0.2, 0.25) is 0 Å². The average molecular weight is 368 g/mol. The predicted molar refractivity (Wildman–Crippen MR) is 106 cm³/mol. The molecule has 1 aliphatic rings. The van der Waals surface area contributed by atoms with E-state index in [1.54, 1.807) is 12.4 Å². The van der Waals surface area contributed by atoms with Gasteiger partial charge >= 0.3 is 0 Å². The lowest BCUT2D eigenvalue weighted by Gasteiger charge is -2.35. The Morgan fingerprint density at radius 1 is 1.26 bits per heavy atom. The summed E-state index contributed by atoms with van der Waals surface area (Å²) in [4.78, 5) is 23.5. The van der Waals surface area contributed by atoms with Crippen molar-refractivity contribution in [3.63, 3.8) is 0 Å². The summed E-state index contributed by atoms with van der Waals surface area (Å²) in [6.07, 6.45) is 7.60. The summed E-state index contributed by atoms with van der Waals surface area (Å²) in [5, 5.41) is 3.17. The van der Waals surface area contributed by atoms with Crippen LogP contribution in [0, 0.1) is 0 Å². The van der Waals surface area contributed by atoms with Crippen LogP contribution in [0.1, 0.15) is 56.8 Å². The molecule has 0 saturated carbocycles. The number of aromatic nitrogens is 2. The largest absolute Gasteiger partial charge is 0.489 e. The summed E-state index contributed by atoms with van der Waals surface area (Å²) in [7, 11) is 0. The maximum atomic E-state index is 12.8. The number of piperidine rings is 1. The number of benzene rings is 1. The molecule has 2 heterocycles. The summed E-state index contributed by atoms with van der Waals surface area (Å²) >= 11 is 0. The van der Waals surface area contributed by atoms with Crippen molar-refractivity contribution in [1.82, 2.24) is 14.9 Å². The molecule has 1 amide bonds. The van der Waals surface area contributed by atoms with Crippen LogP contribution in [0.15, 0.2) is 36.7 Å². The van der Waals surface area contributed by atoms with Gasteiger partial charge in [0.15, 0.2) is 0 Å². The number of anilines is 2. The molecular weight excluding hydrogens is 340 g/mol. The highest BCUT2D eigenvalue weighted by molar-refractivity contribution is 5.94. The maximum Gasteiger partial charge on any atom is 0.257 e. The van der Waals surface area contributed by atoms with Gasteiger partial charge in [0, 0.05) is 25.0 Å². The molecular formula is C21H28N4O2. The van der Waals surface area contributed by atoms with Crippen molar-refractivity contribution >= 4 is 17.5 Å². The lowest BCUT2D eigenvalue weighted by Crippen LogP contribution is -2.43. The van der Waals surface area contributed by atoms with E-state index in [0.717, 1.165) is 37.2 Å². The Morgan fingerprint density at radius 3 is 2.70 bits per heavy atom. The van der Waals surface area contributed by atoms with E-state index in [1.807, 2.05) is 43.0 Å². The smallest absolute Gasteiger partial charge is 0.257 e. The Labute approximate surface area is 161 Å². The van der Waals surface area contributed by atoms with E-state index in [4.69, 9.17) is 4.74 Å². The lowest BCUT2D eigenvalue weighted by molar-refractivity contribution is 0.0607. The molecule has 0 radical (unpaired) electrons. The molecule has 0 aliphatic carbocycles. The Balaban J connectivity index is 1.71. The topological polar surface area (TPSA) is 67.4 Å². The number of para-hydroxylation sites is 2. The first-order chi connectivity index (χ1) is 13.1. The molecule has 1 unspecified atom stereocenters. The Bertz CT molecular complexity index is 761. The molecule has 1 atom stereocenters. The molecule has 1 aliphatic heterocycles. The van der Waals surface area contributed by atoms with Gasteiger partial charge in [0.25, 0.3) is 5.91 Å². The van der Waals surface area contributed by atoms with Crippen LogP contribution in [0.4, 0.5) is 11.6 Å². The second-order valence-electron chi connectivity index (χ2n) is 7.14. The third kappa shape index (κ3) is 4.76. The number of carbonyl (C=O) groups is 1. The van der Waals surface area contributed by atoms with Crippen LogP contribution in [-0.2, 0) is 0 Å². The number of carbonyl (C=O) groups excluding carboxylic acids is 1. The third-order valence-corrected chi connectivity index (χ3v) is 4.75. The SMILES string of the molecule is CCC1CCCCN1C(=O)c1cnc(Nc2ccccc2OC(C)C)nc1.